The summed E-state index contributed by atoms with van der Waals surface area (Å²) in [5.41, 5.74) is 1.94. The van der Waals surface area contributed by atoms with Crippen LogP contribution in [0.5, 0.6) is 0 Å². The number of hydrogen-bond donors (Lipinski definition) is 0. The highest BCUT2D eigenvalue weighted by molar-refractivity contribution is 8.01. The Hall–Kier alpha value is -2.27. The third kappa shape index (κ3) is 3.01. The van der Waals surface area contributed by atoms with Crippen LogP contribution in [0, 0.1) is 0 Å². The Balaban J connectivity index is 1.65. The summed E-state index contributed by atoms with van der Waals surface area (Å²) in [6.07, 6.45) is 1.36. The van der Waals surface area contributed by atoms with Crippen molar-refractivity contribution in [3.05, 3.63) is 66.2 Å². The van der Waals surface area contributed by atoms with Gasteiger partial charge in [-0.3, -0.25) is 9.59 Å². The van der Waals surface area contributed by atoms with Gasteiger partial charge in [0.25, 0.3) is 5.91 Å². The molecule has 0 spiro atoms. The molecule has 0 saturated carbocycles. The van der Waals surface area contributed by atoms with Crippen LogP contribution in [0.25, 0.3) is 0 Å². The van der Waals surface area contributed by atoms with Crippen molar-refractivity contribution in [2.24, 2.45) is 0 Å². The maximum atomic E-state index is 13.5. The Morgan fingerprint density at radius 1 is 1.15 bits per heavy atom. The minimum Gasteiger partial charge on any atom is -0.315 e. The number of anilines is 1. The maximum absolute atomic E-state index is 13.5. The van der Waals surface area contributed by atoms with Crippen LogP contribution in [0.4, 0.5) is 5.69 Å². The summed E-state index contributed by atoms with van der Waals surface area (Å²) < 4.78 is 0. The number of fused-ring (bicyclic) bond motifs is 1. The van der Waals surface area contributed by atoms with Crippen LogP contribution in [0.15, 0.2) is 60.7 Å². The molecule has 2 aliphatic rings. The fourth-order valence-electron chi connectivity index (χ4n) is 3.85. The van der Waals surface area contributed by atoms with Crippen molar-refractivity contribution in [1.29, 1.82) is 0 Å². The average Bonchev–Trinajstić information content (AvgIpc) is 3.17. The van der Waals surface area contributed by atoms with Crippen molar-refractivity contribution in [2.45, 2.75) is 37.2 Å². The lowest BCUT2D eigenvalue weighted by Crippen LogP contribution is -2.51. The van der Waals surface area contributed by atoms with E-state index in [0.29, 0.717) is 18.7 Å². The SMILES string of the molecule is CC12CCC(=O)N1C(C(=O)N(Cc1ccccc1)c1ccccc1)CS2. The molecule has 0 aromatic heterocycles. The minimum atomic E-state index is -0.385. The van der Waals surface area contributed by atoms with Gasteiger partial charge in [-0.05, 0) is 31.0 Å². The number of carbonyl (C=O) groups excluding carboxylic acids is 2. The topological polar surface area (TPSA) is 40.6 Å². The van der Waals surface area contributed by atoms with E-state index in [9.17, 15) is 9.59 Å². The quantitative estimate of drug-likeness (QED) is 0.829. The molecule has 26 heavy (non-hydrogen) atoms. The third-order valence-electron chi connectivity index (χ3n) is 5.25. The van der Waals surface area contributed by atoms with Crippen molar-refractivity contribution in [3.8, 4) is 0 Å². The highest BCUT2D eigenvalue weighted by atomic mass is 32.2. The molecule has 4 nitrogen and oxygen atoms in total. The van der Waals surface area contributed by atoms with Gasteiger partial charge in [0, 0.05) is 17.9 Å². The molecule has 2 aliphatic heterocycles. The van der Waals surface area contributed by atoms with Gasteiger partial charge in [0.05, 0.1) is 11.4 Å². The van der Waals surface area contributed by atoms with E-state index in [0.717, 1.165) is 17.7 Å². The van der Waals surface area contributed by atoms with Crippen LogP contribution in [0.3, 0.4) is 0 Å². The molecule has 4 rings (SSSR count). The Morgan fingerprint density at radius 3 is 2.50 bits per heavy atom. The molecular formula is C21H22N2O2S. The zero-order chi connectivity index (χ0) is 18.1. The monoisotopic (exact) mass is 366 g/mol. The van der Waals surface area contributed by atoms with Gasteiger partial charge in [0.2, 0.25) is 5.91 Å². The predicted molar refractivity (Wildman–Crippen MR) is 105 cm³/mol. The predicted octanol–water partition coefficient (Wildman–Crippen LogP) is 3.67. The van der Waals surface area contributed by atoms with E-state index in [-0.39, 0.29) is 22.7 Å². The molecular weight excluding hydrogens is 344 g/mol. The summed E-state index contributed by atoms with van der Waals surface area (Å²) in [5, 5.41) is 0. The van der Waals surface area contributed by atoms with Gasteiger partial charge in [-0.15, -0.1) is 11.8 Å². The Bertz CT molecular complexity index is 811. The molecule has 0 aliphatic carbocycles. The molecule has 2 amide bonds. The van der Waals surface area contributed by atoms with E-state index in [1.54, 1.807) is 11.8 Å². The first-order valence-corrected chi connectivity index (χ1v) is 9.93. The fourth-order valence-corrected chi connectivity index (χ4v) is 5.28. The molecule has 2 atom stereocenters. The molecule has 5 heteroatoms. The lowest BCUT2D eigenvalue weighted by molar-refractivity contribution is -0.136. The van der Waals surface area contributed by atoms with Gasteiger partial charge in [0.1, 0.15) is 6.04 Å². The number of carbonyl (C=O) groups is 2. The van der Waals surface area contributed by atoms with Gasteiger partial charge in [-0.1, -0.05) is 48.5 Å². The van der Waals surface area contributed by atoms with Gasteiger partial charge >= 0.3 is 0 Å². The molecule has 2 aromatic rings. The van der Waals surface area contributed by atoms with Gasteiger partial charge < -0.3 is 9.80 Å². The average molecular weight is 366 g/mol. The van der Waals surface area contributed by atoms with Gasteiger partial charge in [-0.2, -0.15) is 0 Å². The third-order valence-corrected chi connectivity index (χ3v) is 6.75. The Kier molecular flexibility index (Phi) is 4.49. The largest absolute Gasteiger partial charge is 0.315 e. The minimum absolute atomic E-state index is 0.00604. The summed E-state index contributed by atoms with van der Waals surface area (Å²) in [4.78, 5) is 29.4. The molecule has 0 radical (unpaired) electrons. The summed E-state index contributed by atoms with van der Waals surface area (Å²) in [7, 11) is 0. The normalized spacial score (nSPS) is 24.6. The van der Waals surface area contributed by atoms with Gasteiger partial charge in [-0.25, -0.2) is 0 Å². The van der Waals surface area contributed by atoms with Crippen LogP contribution in [-0.4, -0.2) is 33.4 Å². The van der Waals surface area contributed by atoms with Crippen molar-refractivity contribution < 1.29 is 9.59 Å². The van der Waals surface area contributed by atoms with E-state index in [4.69, 9.17) is 0 Å². The number of thioether (sulfide) groups is 1. The second-order valence-corrected chi connectivity index (χ2v) is 8.51. The molecule has 2 saturated heterocycles. The molecule has 134 valence electrons. The van der Waals surface area contributed by atoms with E-state index in [1.807, 2.05) is 70.5 Å². The number of amides is 2. The molecule has 0 bridgehead atoms. The Morgan fingerprint density at radius 2 is 1.81 bits per heavy atom. The zero-order valence-corrected chi connectivity index (χ0v) is 15.6. The lowest BCUT2D eigenvalue weighted by atomic mass is 10.1. The van der Waals surface area contributed by atoms with E-state index in [2.05, 4.69) is 6.92 Å². The highest BCUT2D eigenvalue weighted by Crippen LogP contribution is 2.47. The molecule has 2 unspecified atom stereocenters. The second kappa shape index (κ2) is 6.80. The van der Waals surface area contributed by atoms with Crippen molar-refractivity contribution in [1.82, 2.24) is 4.90 Å². The molecule has 2 heterocycles. The number of nitrogens with zero attached hydrogens (tertiary/aromatic N) is 2. The van der Waals surface area contributed by atoms with Crippen LogP contribution in [0.1, 0.15) is 25.3 Å². The Labute approximate surface area is 158 Å². The first kappa shape index (κ1) is 17.2. The smallest absolute Gasteiger partial charge is 0.251 e. The number of hydrogen-bond acceptors (Lipinski definition) is 3. The number of rotatable bonds is 4. The number of para-hydroxylation sites is 1. The summed E-state index contributed by atoms with van der Waals surface area (Å²) >= 11 is 1.73. The fraction of sp³-hybridized carbons (Fsp3) is 0.333. The van der Waals surface area contributed by atoms with E-state index < -0.39 is 0 Å². The van der Waals surface area contributed by atoms with Crippen LogP contribution >= 0.6 is 11.8 Å². The standard InChI is InChI=1S/C21H22N2O2S/c1-21-13-12-19(24)23(21)18(15-26-21)20(25)22(17-10-6-3-7-11-17)14-16-8-4-2-5-9-16/h2-11,18H,12-15H2,1H3. The van der Waals surface area contributed by atoms with Crippen LogP contribution < -0.4 is 4.90 Å². The molecule has 2 aromatic carbocycles. The lowest BCUT2D eigenvalue weighted by Gasteiger charge is -2.33. The first-order chi connectivity index (χ1) is 12.6. The van der Waals surface area contributed by atoms with E-state index >= 15 is 0 Å². The van der Waals surface area contributed by atoms with Crippen molar-refractivity contribution in [3.63, 3.8) is 0 Å². The van der Waals surface area contributed by atoms with Crippen molar-refractivity contribution >= 4 is 29.3 Å². The van der Waals surface area contributed by atoms with E-state index in [1.165, 1.54) is 0 Å². The zero-order valence-electron chi connectivity index (χ0n) is 14.8. The summed E-state index contributed by atoms with van der Waals surface area (Å²) in [6.45, 7) is 2.59. The second-order valence-electron chi connectivity index (χ2n) is 7.01. The summed E-state index contributed by atoms with van der Waals surface area (Å²) in [6, 6.07) is 19.3. The summed E-state index contributed by atoms with van der Waals surface area (Å²) in [5.74, 6) is 0.772. The van der Waals surface area contributed by atoms with Crippen LogP contribution in [-0.2, 0) is 16.1 Å². The first-order valence-electron chi connectivity index (χ1n) is 8.95. The maximum Gasteiger partial charge on any atom is 0.251 e. The van der Waals surface area contributed by atoms with Gasteiger partial charge in [0.15, 0.2) is 0 Å². The molecule has 2 fully saturated rings. The van der Waals surface area contributed by atoms with Crippen LogP contribution in [0.2, 0.25) is 0 Å². The number of benzene rings is 2. The molecule has 0 N–H and O–H groups in total. The highest BCUT2D eigenvalue weighted by Gasteiger charge is 2.53. The van der Waals surface area contributed by atoms with Crippen molar-refractivity contribution in [2.75, 3.05) is 10.7 Å².